The molecule has 0 unspecified atom stereocenters. The summed E-state index contributed by atoms with van der Waals surface area (Å²) in [7, 11) is 1.83. The van der Waals surface area contributed by atoms with Crippen LogP contribution in [0.5, 0.6) is 0 Å². The van der Waals surface area contributed by atoms with Crippen LogP contribution in [-0.4, -0.2) is 34.2 Å². The van der Waals surface area contributed by atoms with Gasteiger partial charge in [0.1, 0.15) is 5.65 Å². The predicted molar refractivity (Wildman–Crippen MR) is 100 cm³/mol. The zero-order valence-corrected chi connectivity index (χ0v) is 14.7. The first-order valence-corrected chi connectivity index (χ1v) is 8.24. The third-order valence-electron chi connectivity index (χ3n) is 4.21. The quantitative estimate of drug-likeness (QED) is 0.343. The number of aliphatic hydroxyl groups excluding tert-OH is 1. The molecule has 4 aromatic heterocycles. The van der Waals surface area contributed by atoms with Crippen LogP contribution in [0.2, 0.25) is 0 Å². The van der Waals surface area contributed by atoms with Crippen molar-refractivity contribution >= 4 is 17.3 Å². The van der Waals surface area contributed by atoms with E-state index in [4.69, 9.17) is 11.6 Å². The summed E-state index contributed by atoms with van der Waals surface area (Å²) in [5.74, 6) is 6.85. The molecule has 4 heterocycles. The number of hydrazine groups is 1. The molecule has 0 radical (unpaired) electrons. The van der Waals surface area contributed by atoms with Crippen molar-refractivity contribution in [2.24, 2.45) is 12.9 Å². The molecular weight excluding hydrogens is 346 g/mol. The van der Waals surface area contributed by atoms with Crippen molar-refractivity contribution in [2.45, 2.75) is 13.2 Å². The topological polar surface area (TPSA) is 136 Å². The Bertz CT molecular complexity index is 1100. The van der Waals surface area contributed by atoms with Crippen LogP contribution in [0.25, 0.3) is 16.9 Å². The molecule has 27 heavy (non-hydrogen) atoms. The zero-order chi connectivity index (χ0) is 19.0. The summed E-state index contributed by atoms with van der Waals surface area (Å²) in [4.78, 5) is 13.0. The van der Waals surface area contributed by atoms with E-state index < -0.39 is 0 Å². The Hall–Kier alpha value is -3.50. The Labute approximate surface area is 154 Å². The standard InChI is InChI=1S/C17H19N9O/c1-24-9-12(4-22-24)14-6-21-16(18)17(23-14)26(19)8-11-2-3-15-20-5-13(10-27)25(15)7-11/h2-7,9,27H,8,10,19H2,1H3,(H2,18,21). The first-order chi connectivity index (χ1) is 13.0. The highest BCUT2D eigenvalue weighted by molar-refractivity contribution is 5.65. The molecule has 138 valence electrons. The van der Waals surface area contributed by atoms with E-state index in [1.165, 1.54) is 5.01 Å². The molecule has 0 spiro atoms. The van der Waals surface area contributed by atoms with Crippen LogP contribution >= 0.6 is 0 Å². The highest BCUT2D eigenvalue weighted by Crippen LogP contribution is 2.23. The van der Waals surface area contributed by atoms with Crippen molar-refractivity contribution in [1.82, 2.24) is 29.1 Å². The molecular formula is C17H19N9O. The molecule has 0 fully saturated rings. The van der Waals surface area contributed by atoms with Crippen molar-refractivity contribution in [3.63, 3.8) is 0 Å². The molecule has 0 aromatic carbocycles. The Morgan fingerprint density at radius 1 is 1.15 bits per heavy atom. The van der Waals surface area contributed by atoms with Crippen LogP contribution in [0, 0.1) is 0 Å². The average molecular weight is 365 g/mol. The summed E-state index contributed by atoms with van der Waals surface area (Å²) >= 11 is 0. The van der Waals surface area contributed by atoms with Gasteiger partial charge in [-0.05, 0) is 11.6 Å². The summed E-state index contributed by atoms with van der Waals surface area (Å²) in [5, 5.41) is 15.0. The number of aromatic nitrogens is 6. The minimum atomic E-state index is -0.0947. The van der Waals surface area contributed by atoms with E-state index in [1.807, 2.05) is 36.0 Å². The van der Waals surface area contributed by atoms with Gasteiger partial charge in [-0.3, -0.25) is 9.69 Å². The fourth-order valence-electron chi connectivity index (χ4n) is 2.85. The van der Waals surface area contributed by atoms with Gasteiger partial charge in [0.05, 0.1) is 43.1 Å². The SMILES string of the molecule is Cn1cc(-c2cnc(N)c(N(N)Cc3ccc4ncc(CO)n4c3)n2)cn1. The van der Waals surface area contributed by atoms with Crippen molar-refractivity contribution in [3.8, 4) is 11.3 Å². The number of anilines is 2. The lowest BCUT2D eigenvalue weighted by Gasteiger charge is -2.19. The molecule has 5 N–H and O–H groups in total. The monoisotopic (exact) mass is 365 g/mol. The number of nitrogen functional groups attached to an aromatic ring is 1. The molecule has 0 saturated heterocycles. The summed E-state index contributed by atoms with van der Waals surface area (Å²) in [6.45, 7) is 0.261. The van der Waals surface area contributed by atoms with Crippen molar-refractivity contribution in [1.29, 1.82) is 0 Å². The Kier molecular flexibility index (Phi) is 4.18. The van der Waals surface area contributed by atoms with Crippen LogP contribution in [-0.2, 0) is 20.2 Å². The van der Waals surface area contributed by atoms with Gasteiger partial charge in [-0.25, -0.2) is 20.8 Å². The van der Waals surface area contributed by atoms with Gasteiger partial charge >= 0.3 is 0 Å². The van der Waals surface area contributed by atoms with Gasteiger partial charge in [0.2, 0.25) is 0 Å². The number of fused-ring (bicyclic) bond motifs is 1. The van der Waals surface area contributed by atoms with Crippen molar-refractivity contribution in [2.75, 3.05) is 10.7 Å². The molecule has 0 bridgehead atoms. The minimum absolute atomic E-state index is 0.0947. The van der Waals surface area contributed by atoms with E-state index in [0.29, 0.717) is 23.8 Å². The maximum absolute atomic E-state index is 9.41. The number of aryl methyl sites for hydroxylation is 1. The first-order valence-electron chi connectivity index (χ1n) is 8.24. The van der Waals surface area contributed by atoms with Gasteiger partial charge in [-0.1, -0.05) is 6.07 Å². The van der Waals surface area contributed by atoms with Crippen LogP contribution < -0.4 is 16.6 Å². The van der Waals surface area contributed by atoms with E-state index in [9.17, 15) is 5.11 Å². The number of hydrogen-bond acceptors (Lipinski definition) is 8. The summed E-state index contributed by atoms with van der Waals surface area (Å²) in [6.07, 6.45) is 8.65. The normalized spacial score (nSPS) is 11.2. The maximum Gasteiger partial charge on any atom is 0.186 e. The van der Waals surface area contributed by atoms with Gasteiger partial charge in [-0.2, -0.15) is 5.10 Å². The van der Waals surface area contributed by atoms with E-state index >= 15 is 0 Å². The lowest BCUT2D eigenvalue weighted by Crippen LogP contribution is -2.32. The van der Waals surface area contributed by atoms with Crippen LogP contribution in [0.1, 0.15) is 11.3 Å². The maximum atomic E-state index is 9.41. The number of pyridine rings is 1. The fraction of sp³-hybridized carbons (Fsp3) is 0.176. The fourth-order valence-corrected chi connectivity index (χ4v) is 2.85. The number of hydrogen-bond donors (Lipinski definition) is 3. The highest BCUT2D eigenvalue weighted by Gasteiger charge is 2.14. The third kappa shape index (κ3) is 3.18. The summed E-state index contributed by atoms with van der Waals surface area (Å²) < 4.78 is 3.51. The zero-order valence-electron chi connectivity index (χ0n) is 14.7. The second-order valence-corrected chi connectivity index (χ2v) is 6.17. The Morgan fingerprint density at radius 2 is 2.00 bits per heavy atom. The molecule has 4 aromatic rings. The largest absolute Gasteiger partial charge is 0.390 e. The molecule has 10 heteroatoms. The van der Waals surface area contributed by atoms with E-state index in [1.54, 1.807) is 23.3 Å². The van der Waals surface area contributed by atoms with Crippen molar-refractivity contribution < 1.29 is 5.11 Å². The molecule has 10 nitrogen and oxygen atoms in total. The summed E-state index contributed by atoms with van der Waals surface area (Å²) in [6, 6.07) is 3.78. The van der Waals surface area contributed by atoms with Crippen LogP contribution in [0.3, 0.4) is 0 Å². The van der Waals surface area contributed by atoms with Gasteiger partial charge in [0.25, 0.3) is 0 Å². The number of aliphatic hydroxyl groups is 1. The van der Waals surface area contributed by atoms with E-state index in [0.717, 1.165) is 16.8 Å². The molecule has 0 amide bonds. The molecule has 4 rings (SSSR count). The number of nitrogens with zero attached hydrogens (tertiary/aromatic N) is 7. The van der Waals surface area contributed by atoms with Gasteiger partial charge in [0.15, 0.2) is 11.6 Å². The van der Waals surface area contributed by atoms with E-state index in [-0.39, 0.29) is 12.4 Å². The van der Waals surface area contributed by atoms with E-state index in [2.05, 4.69) is 20.1 Å². The lowest BCUT2D eigenvalue weighted by molar-refractivity contribution is 0.276. The molecule has 0 aliphatic rings. The van der Waals surface area contributed by atoms with Crippen molar-refractivity contribution in [3.05, 3.63) is 54.4 Å². The van der Waals surface area contributed by atoms with Crippen LogP contribution in [0.15, 0.2) is 43.1 Å². The Morgan fingerprint density at radius 3 is 2.74 bits per heavy atom. The lowest BCUT2D eigenvalue weighted by atomic mass is 10.2. The second kappa shape index (κ2) is 6.67. The van der Waals surface area contributed by atoms with Gasteiger partial charge in [0, 0.05) is 25.0 Å². The predicted octanol–water partition coefficient (Wildman–Crippen LogP) is 0.480. The Balaban J connectivity index is 1.63. The third-order valence-corrected chi connectivity index (χ3v) is 4.21. The second-order valence-electron chi connectivity index (χ2n) is 6.17. The molecule has 0 aliphatic heterocycles. The smallest absolute Gasteiger partial charge is 0.186 e. The first kappa shape index (κ1) is 16.9. The average Bonchev–Trinajstić information content (AvgIpc) is 3.27. The number of imidazole rings is 1. The van der Waals surface area contributed by atoms with Gasteiger partial charge in [-0.15, -0.1) is 0 Å². The van der Waals surface area contributed by atoms with Crippen LogP contribution in [0.4, 0.5) is 11.6 Å². The van der Waals surface area contributed by atoms with Gasteiger partial charge < -0.3 is 15.2 Å². The molecule has 0 aliphatic carbocycles. The number of rotatable bonds is 5. The minimum Gasteiger partial charge on any atom is -0.390 e. The molecule has 0 atom stereocenters. The number of nitrogens with two attached hydrogens (primary N) is 2. The molecule has 0 saturated carbocycles. The highest BCUT2D eigenvalue weighted by atomic mass is 16.3. The summed E-state index contributed by atoms with van der Waals surface area (Å²) in [5.41, 5.74) is 9.81.